The van der Waals surface area contributed by atoms with Crippen LogP contribution in [0.4, 0.5) is 13.2 Å². The Morgan fingerprint density at radius 2 is 1.55 bits per heavy atom. The van der Waals surface area contributed by atoms with Crippen LogP contribution in [-0.4, -0.2) is 0 Å². The largest absolute Gasteiger partial charge is 0.429 e. The Kier molecular flexibility index (Phi) is 5.47. The number of hydrogen-bond donors (Lipinski definition) is 0. The van der Waals surface area contributed by atoms with Gasteiger partial charge in [-0.3, -0.25) is 0 Å². The molecule has 0 aliphatic carbocycles. The Morgan fingerprint density at radius 1 is 0.909 bits per heavy atom. The maximum absolute atomic E-state index is 14.0. The zero-order chi connectivity index (χ0) is 16.0. The van der Waals surface area contributed by atoms with Gasteiger partial charge in [-0.15, -0.1) is 0 Å². The molecule has 0 aliphatic heterocycles. The summed E-state index contributed by atoms with van der Waals surface area (Å²) in [6.45, 7) is 2.13. The van der Waals surface area contributed by atoms with Crippen molar-refractivity contribution >= 4 is 0 Å². The lowest BCUT2D eigenvalue weighted by molar-refractivity contribution is -0.185. The van der Waals surface area contributed by atoms with Gasteiger partial charge in [-0.05, 0) is 54.8 Å². The van der Waals surface area contributed by atoms with Gasteiger partial charge in [0.1, 0.15) is 11.6 Å². The van der Waals surface area contributed by atoms with E-state index >= 15 is 0 Å². The van der Waals surface area contributed by atoms with Gasteiger partial charge in [0.15, 0.2) is 0 Å². The molecule has 0 spiro atoms. The normalized spacial score (nSPS) is 11.5. The highest BCUT2D eigenvalue weighted by Gasteiger charge is 2.34. The number of halogens is 3. The van der Waals surface area contributed by atoms with E-state index in [1.807, 2.05) is 0 Å². The van der Waals surface area contributed by atoms with Crippen molar-refractivity contribution in [2.24, 2.45) is 0 Å². The standard InChI is InChI=1S/C18H19F3O/c1-2-3-4-5-14-6-12-17(13-7-14)22-18(20,21)15-8-10-16(19)11-9-15/h6-13H,2-5H2,1H3. The van der Waals surface area contributed by atoms with Crippen molar-refractivity contribution in [3.8, 4) is 5.75 Å². The molecule has 0 bridgehead atoms. The Morgan fingerprint density at radius 3 is 2.14 bits per heavy atom. The highest BCUT2D eigenvalue weighted by molar-refractivity contribution is 5.29. The molecule has 118 valence electrons. The first-order valence-corrected chi connectivity index (χ1v) is 7.43. The van der Waals surface area contributed by atoms with Gasteiger partial charge in [0.05, 0.1) is 5.56 Å². The lowest BCUT2D eigenvalue weighted by Gasteiger charge is -2.18. The summed E-state index contributed by atoms with van der Waals surface area (Å²) < 4.78 is 45.5. The number of aryl methyl sites for hydroxylation is 1. The van der Waals surface area contributed by atoms with Crippen molar-refractivity contribution in [2.45, 2.75) is 38.7 Å². The van der Waals surface area contributed by atoms with E-state index < -0.39 is 11.9 Å². The molecule has 0 radical (unpaired) electrons. The molecule has 0 heterocycles. The first kappa shape index (κ1) is 16.4. The molecular weight excluding hydrogens is 289 g/mol. The van der Waals surface area contributed by atoms with Crippen molar-refractivity contribution in [3.63, 3.8) is 0 Å². The predicted octanol–water partition coefficient (Wildman–Crippen LogP) is 5.69. The van der Waals surface area contributed by atoms with E-state index in [0.717, 1.165) is 55.5 Å². The molecule has 0 N–H and O–H groups in total. The molecule has 2 rings (SSSR count). The van der Waals surface area contributed by atoms with Crippen LogP contribution in [0.1, 0.15) is 37.3 Å². The minimum Gasteiger partial charge on any atom is -0.429 e. The van der Waals surface area contributed by atoms with Gasteiger partial charge >= 0.3 is 6.11 Å². The minimum absolute atomic E-state index is 0.0913. The third-order valence-corrected chi connectivity index (χ3v) is 3.42. The van der Waals surface area contributed by atoms with Crippen LogP contribution in [0.5, 0.6) is 5.75 Å². The monoisotopic (exact) mass is 308 g/mol. The molecule has 2 aromatic carbocycles. The van der Waals surface area contributed by atoms with Gasteiger partial charge in [-0.2, -0.15) is 8.78 Å². The second kappa shape index (κ2) is 7.34. The molecule has 0 aromatic heterocycles. The lowest BCUT2D eigenvalue weighted by Crippen LogP contribution is -2.21. The molecule has 0 unspecified atom stereocenters. The van der Waals surface area contributed by atoms with Crippen LogP contribution < -0.4 is 4.74 Å². The van der Waals surface area contributed by atoms with Crippen molar-refractivity contribution in [3.05, 3.63) is 65.5 Å². The lowest BCUT2D eigenvalue weighted by atomic mass is 10.1. The first-order chi connectivity index (χ1) is 10.5. The second-order valence-corrected chi connectivity index (χ2v) is 5.23. The molecule has 0 amide bonds. The number of rotatable bonds is 7. The summed E-state index contributed by atoms with van der Waals surface area (Å²) in [5.41, 5.74) is 0.729. The fourth-order valence-electron chi connectivity index (χ4n) is 2.15. The number of alkyl halides is 2. The van der Waals surface area contributed by atoms with Crippen LogP contribution in [0.15, 0.2) is 48.5 Å². The quantitative estimate of drug-likeness (QED) is 0.597. The summed E-state index contributed by atoms with van der Waals surface area (Å²) in [7, 11) is 0. The third-order valence-electron chi connectivity index (χ3n) is 3.42. The van der Waals surface area contributed by atoms with E-state index in [1.165, 1.54) is 0 Å². The van der Waals surface area contributed by atoms with E-state index in [9.17, 15) is 13.2 Å². The van der Waals surface area contributed by atoms with E-state index in [1.54, 1.807) is 24.3 Å². The third kappa shape index (κ3) is 4.52. The summed E-state index contributed by atoms with van der Waals surface area (Å²) >= 11 is 0. The number of unbranched alkanes of at least 4 members (excludes halogenated alkanes) is 2. The van der Waals surface area contributed by atoms with E-state index in [-0.39, 0.29) is 11.3 Å². The van der Waals surface area contributed by atoms with Gasteiger partial charge < -0.3 is 4.74 Å². The van der Waals surface area contributed by atoms with Crippen LogP contribution >= 0.6 is 0 Å². The minimum atomic E-state index is -3.49. The Hall–Kier alpha value is -1.97. The summed E-state index contributed by atoms with van der Waals surface area (Å²) in [5.74, 6) is -0.468. The Balaban J connectivity index is 2.01. The molecule has 0 saturated carbocycles. The van der Waals surface area contributed by atoms with Crippen LogP contribution in [0, 0.1) is 5.82 Å². The smallest absolute Gasteiger partial charge is 0.426 e. The van der Waals surface area contributed by atoms with Gasteiger partial charge in [0.2, 0.25) is 0 Å². The molecule has 4 heteroatoms. The second-order valence-electron chi connectivity index (χ2n) is 5.23. The van der Waals surface area contributed by atoms with Gasteiger partial charge in [0.25, 0.3) is 0 Å². The van der Waals surface area contributed by atoms with E-state index in [0.29, 0.717) is 0 Å². The summed E-state index contributed by atoms with van der Waals surface area (Å²) in [6.07, 6.45) is 0.828. The highest BCUT2D eigenvalue weighted by atomic mass is 19.3. The number of benzene rings is 2. The average molecular weight is 308 g/mol. The molecule has 2 aromatic rings. The molecule has 0 fully saturated rings. The van der Waals surface area contributed by atoms with Crippen molar-refractivity contribution in [1.29, 1.82) is 0 Å². The maximum atomic E-state index is 14.0. The molecule has 1 nitrogen and oxygen atoms in total. The van der Waals surface area contributed by atoms with Gasteiger partial charge in [-0.25, -0.2) is 4.39 Å². The van der Waals surface area contributed by atoms with Crippen LogP contribution in [0.3, 0.4) is 0 Å². The van der Waals surface area contributed by atoms with Crippen molar-refractivity contribution in [1.82, 2.24) is 0 Å². The number of hydrogen-bond acceptors (Lipinski definition) is 1. The van der Waals surface area contributed by atoms with Crippen LogP contribution in [0.2, 0.25) is 0 Å². The van der Waals surface area contributed by atoms with Crippen molar-refractivity contribution in [2.75, 3.05) is 0 Å². The number of ether oxygens (including phenoxy) is 1. The van der Waals surface area contributed by atoms with E-state index in [4.69, 9.17) is 4.74 Å². The summed E-state index contributed by atoms with van der Waals surface area (Å²) in [6, 6.07) is 10.7. The van der Waals surface area contributed by atoms with Crippen LogP contribution in [0.25, 0.3) is 0 Å². The Labute approximate surface area is 128 Å². The van der Waals surface area contributed by atoms with Crippen LogP contribution in [-0.2, 0) is 12.5 Å². The summed E-state index contributed by atoms with van der Waals surface area (Å²) in [5, 5.41) is 0. The van der Waals surface area contributed by atoms with Gasteiger partial charge in [-0.1, -0.05) is 31.9 Å². The van der Waals surface area contributed by atoms with Gasteiger partial charge in [0, 0.05) is 0 Å². The summed E-state index contributed by atoms with van der Waals surface area (Å²) in [4.78, 5) is 0. The molecule has 0 aliphatic rings. The fraction of sp³-hybridized carbons (Fsp3) is 0.333. The first-order valence-electron chi connectivity index (χ1n) is 7.43. The SMILES string of the molecule is CCCCCc1ccc(OC(F)(F)c2ccc(F)cc2)cc1. The van der Waals surface area contributed by atoms with Crippen molar-refractivity contribution < 1.29 is 17.9 Å². The molecule has 0 saturated heterocycles. The predicted molar refractivity (Wildman–Crippen MR) is 80.6 cm³/mol. The van der Waals surface area contributed by atoms with E-state index in [2.05, 4.69) is 6.92 Å². The highest BCUT2D eigenvalue weighted by Crippen LogP contribution is 2.31. The maximum Gasteiger partial charge on any atom is 0.426 e. The zero-order valence-corrected chi connectivity index (χ0v) is 12.5. The molecular formula is C18H19F3O. The topological polar surface area (TPSA) is 9.23 Å². The molecule has 22 heavy (non-hydrogen) atoms. The Bertz CT molecular complexity index is 576. The molecule has 0 atom stereocenters. The average Bonchev–Trinajstić information content (AvgIpc) is 2.49. The zero-order valence-electron chi connectivity index (χ0n) is 12.5. The fourth-order valence-corrected chi connectivity index (χ4v) is 2.15.